The Labute approximate surface area is 188 Å². The van der Waals surface area contributed by atoms with Gasteiger partial charge in [0.2, 0.25) is 0 Å². The molecule has 4 atom stereocenters. The van der Waals surface area contributed by atoms with Crippen molar-refractivity contribution in [2.75, 3.05) is 23.7 Å². The van der Waals surface area contributed by atoms with E-state index in [0.717, 1.165) is 0 Å². The van der Waals surface area contributed by atoms with E-state index >= 15 is 0 Å². The molecule has 0 heterocycles. The Kier molecular flexibility index (Phi) is 7.63. The first kappa shape index (κ1) is 23.9. The van der Waals surface area contributed by atoms with Crippen LogP contribution < -0.4 is 21.3 Å². The summed E-state index contributed by atoms with van der Waals surface area (Å²) in [6.07, 6.45) is -1.49. The van der Waals surface area contributed by atoms with Gasteiger partial charge in [0.15, 0.2) is 11.6 Å². The minimum absolute atomic E-state index is 0.214. The lowest BCUT2D eigenvalue weighted by Crippen LogP contribution is -2.39. The van der Waals surface area contributed by atoms with Gasteiger partial charge in [-0.1, -0.05) is 24.3 Å². The molecule has 0 amide bonds. The lowest BCUT2D eigenvalue weighted by Gasteiger charge is -2.27. The van der Waals surface area contributed by atoms with Crippen LogP contribution in [0.5, 0.6) is 0 Å². The summed E-state index contributed by atoms with van der Waals surface area (Å²) >= 11 is 0. The van der Waals surface area contributed by atoms with Crippen LogP contribution >= 0.6 is 0 Å². The molecule has 0 bridgehead atoms. The van der Waals surface area contributed by atoms with Gasteiger partial charge >= 0.3 is 0 Å². The zero-order valence-electron chi connectivity index (χ0n) is 18.9. The first-order valence-corrected chi connectivity index (χ1v) is 10.9. The molecule has 0 aromatic heterocycles. The second-order valence-corrected chi connectivity index (χ2v) is 8.36. The lowest BCUT2D eigenvalue weighted by molar-refractivity contribution is 0.0980. The molecule has 0 fully saturated rings. The van der Waals surface area contributed by atoms with Crippen molar-refractivity contribution in [3.8, 4) is 0 Å². The Morgan fingerprint density at radius 2 is 1.06 bits per heavy atom. The topological polar surface area (TPSA) is 123 Å². The molecule has 0 radical (unpaired) electrons. The molecule has 6 N–H and O–H groups in total. The van der Waals surface area contributed by atoms with Gasteiger partial charge in [-0.05, 0) is 39.8 Å². The van der Waals surface area contributed by atoms with E-state index in [1.807, 2.05) is 13.8 Å². The third kappa shape index (κ3) is 5.34. The normalized spacial score (nSPS) is 16.6. The molecule has 0 saturated heterocycles. The molecule has 0 saturated carbocycles. The van der Waals surface area contributed by atoms with Gasteiger partial charge in [-0.2, -0.15) is 0 Å². The Morgan fingerprint density at radius 3 is 1.41 bits per heavy atom. The van der Waals surface area contributed by atoms with Gasteiger partial charge in [0, 0.05) is 35.6 Å². The highest BCUT2D eigenvalue weighted by Gasteiger charge is 2.34. The summed E-state index contributed by atoms with van der Waals surface area (Å²) in [5.74, 6) is -0.428. The van der Waals surface area contributed by atoms with Crippen LogP contribution in [0.15, 0.2) is 36.4 Å². The van der Waals surface area contributed by atoms with E-state index < -0.39 is 12.2 Å². The second-order valence-electron chi connectivity index (χ2n) is 8.36. The summed E-state index contributed by atoms with van der Waals surface area (Å²) < 4.78 is 0. The van der Waals surface area contributed by atoms with Crippen LogP contribution in [0.1, 0.15) is 59.5 Å². The predicted octanol–water partition coefficient (Wildman–Crippen LogP) is 1.92. The zero-order chi connectivity index (χ0) is 23.4. The maximum atomic E-state index is 13.4. The average molecular weight is 441 g/mol. The van der Waals surface area contributed by atoms with Crippen molar-refractivity contribution in [1.82, 2.24) is 10.6 Å². The number of carbonyl (C=O) groups excluding carboxylic acids is 2. The highest BCUT2D eigenvalue weighted by atomic mass is 16.3. The van der Waals surface area contributed by atoms with E-state index in [-0.39, 0.29) is 23.9 Å². The van der Waals surface area contributed by atoms with Crippen LogP contribution in [0.3, 0.4) is 0 Å². The number of anilines is 2. The summed E-state index contributed by atoms with van der Waals surface area (Å²) in [6.45, 7) is 7.91. The van der Waals surface area contributed by atoms with Gasteiger partial charge in [0.05, 0.1) is 35.7 Å². The van der Waals surface area contributed by atoms with Gasteiger partial charge in [-0.15, -0.1) is 0 Å². The smallest absolute Gasteiger partial charge is 0.196 e. The van der Waals surface area contributed by atoms with Gasteiger partial charge in [-0.25, -0.2) is 0 Å². The third-order valence-electron chi connectivity index (χ3n) is 5.26. The van der Waals surface area contributed by atoms with E-state index in [1.165, 1.54) is 0 Å². The third-order valence-corrected chi connectivity index (χ3v) is 5.26. The fourth-order valence-electron chi connectivity index (χ4n) is 3.73. The molecule has 8 nitrogen and oxygen atoms in total. The van der Waals surface area contributed by atoms with Crippen molar-refractivity contribution in [2.45, 2.75) is 52.2 Å². The second kappa shape index (κ2) is 10.2. The number of aliphatic hydroxyl groups is 2. The number of carbonyl (C=O) groups is 2. The van der Waals surface area contributed by atoms with Crippen molar-refractivity contribution >= 4 is 22.9 Å². The van der Waals surface area contributed by atoms with Gasteiger partial charge in [0.25, 0.3) is 0 Å². The first-order chi connectivity index (χ1) is 15.2. The first-order valence-electron chi connectivity index (χ1n) is 10.9. The molecule has 0 aliphatic heterocycles. The summed E-state index contributed by atoms with van der Waals surface area (Å²) in [6, 6.07) is 10.4. The Hall–Kier alpha value is -2.78. The number of ketones is 2. The van der Waals surface area contributed by atoms with Crippen molar-refractivity contribution in [1.29, 1.82) is 0 Å². The van der Waals surface area contributed by atoms with E-state index in [1.54, 1.807) is 50.2 Å². The Morgan fingerprint density at radius 1 is 0.688 bits per heavy atom. The molecule has 1 aliphatic rings. The van der Waals surface area contributed by atoms with Crippen LogP contribution in [0.25, 0.3) is 0 Å². The van der Waals surface area contributed by atoms with Crippen molar-refractivity contribution < 1.29 is 19.8 Å². The fourth-order valence-corrected chi connectivity index (χ4v) is 3.73. The van der Waals surface area contributed by atoms with E-state index in [4.69, 9.17) is 0 Å². The minimum atomic E-state index is -0.509. The van der Waals surface area contributed by atoms with Gasteiger partial charge < -0.3 is 20.8 Å². The van der Waals surface area contributed by atoms with Crippen LogP contribution in [-0.2, 0) is 0 Å². The molecule has 32 heavy (non-hydrogen) atoms. The number of rotatable bonds is 10. The van der Waals surface area contributed by atoms with E-state index in [2.05, 4.69) is 21.3 Å². The highest BCUT2D eigenvalue weighted by Crippen LogP contribution is 2.36. The molecular weight excluding hydrogens is 408 g/mol. The van der Waals surface area contributed by atoms with Gasteiger partial charge in [0.1, 0.15) is 0 Å². The molecule has 2 aromatic rings. The molecule has 3 rings (SSSR count). The molecule has 1 aliphatic carbocycles. The van der Waals surface area contributed by atoms with Gasteiger partial charge in [-0.3, -0.25) is 20.2 Å². The number of nitrogens with one attached hydrogen (secondary N) is 4. The monoisotopic (exact) mass is 440 g/mol. The molecule has 2 aromatic carbocycles. The number of fused-ring (bicyclic) bond motifs is 2. The number of hydrogen-bond donors (Lipinski definition) is 6. The maximum Gasteiger partial charge on any atom is 0.196 e. The molecule has 4 unspecified atom stereocenters. The zero-order valence-corrected chi connectivity index (χ0v) is 18.9. The predicted molar refractivity (Wildman–Crippen MR) is 125 cm³/mol. The van der Waals surface area contributed by atoms with Crippen molar-refractivity contribution in [3.05, 3.63) is 58.7 Å². The van der Waals surface area contributed by atoms with E-state index in [9.17, 15) is 19.8 Å². The summed E-state index contributed by atoms with van der Waals surface area (Å²) in [5.41, 5.74) is 2.52. The number of aliphatic hydroxyl groups excluding tert-OH is 2. The minimum Gasteiger partial charge on any atom is -0.392 e. The number of benzene rings is 2. The van der Waals surface area contributed by atoms with Crippen LogP contribution in [0.4, 0.5) is 11.4 Å². The Bertz CT molecular complexity index is 912. The van der Waals surface area contributed by atoms with Crippen molar-refractivity contribution in [3.63, 3.8) is 0 Å². The molecular formula is C24H32N4O4. The van der Waals surface area contributed by atoms with Crippen LogP contribution in [0.2, 0.25) is 0 Å². The Balaban J connectivity index is 1.99. The summed E-state index contributed by atoms with van der Waals surface area (Å²) in [4.78, 5) is 26.9. The lowest BCUT2D eigenvalue weighted by atomic mass is 9.82. The molecule has 172 valence electrons. The standard InChI is InChI=1S/C24H32N4O4/c1-13(29)11-25-15(3)27-19-9-10-20(28-16(4)26-12-14(2)30)22-21(19)23(31)17-7-5-6-8-18(17)24(22)32/h5-10,13-16,25-30H,11-12H2,1-4H3. The van der Waals surface area contributed by atoms with Crippen LogP contribution in [-0.4, -0.2) is 59.4 Å². The maximum absolute atomic E-state index is 13.4. The van der Waals surface area contributed by atoms with E-state index in [0.29, 0.717) is 46.7 Å². The quantitative estimate of drug-likeness (QED) is 0.264. The fraction of sp³-hybridized carbons (Fsp3) is 0.417. The molecule has 8 heteroatoms. The van der Waals surface area contributed by atoms with Crippen molar-refractivity contribution in [2.24, 2.45) is 0 Å². The molecule has 0 spiro atoms. The average Bonchev–Trinajstić information content (AvgIpc) is 2.75. The van der Waals surface area contributed by atoms with Crippen LogP contribution in [0, 0.1) is 0 Å². The number of hydrogen-bond acceptors (Lipinski definition) is 8. The largest absolute Gasteiger partial charge is 0.392 e. The highest BCUT2D eigenvalue weighted by molar-refractivity contribution is 6.31. The summed E-state index contributed by atoms with van der Waals surface area (Å²) in [7, 11) is 0. The SMILES string of the molecule is CC(O)CNC(C)Nc1ccc(NC(C)NCC(C)O)c2c1C(=O)c1ccccc1C2=O. The summed E-state index contributed by atoms with van der Waals surface area (Å²) in [5, 5.41) is 31.9.